The van der Waals surface area contributed by atoms with Crippen LogP contribution < -0.4 is 15.4 Å². The van der Waals surface area contributed by atoms with E-state index in [0.29, 0.717) is 18.3 Å². The smallest absolute Gasteiger partial charge is 0.244 e. The molecular formula is C14H19N5O. The van der Waals surface area contributed by atoms with Gasteiger partial charge >= 0.3 is 0 Å². The number of methoxy groups -OCH3 is 1. The van der Waals surface area contributed by atoms with Crippen LogP contribution in [0, 0.1) is 0 Å². The van der Waals surface area contributed by atoms with E-state index >= 15 is 0 Å². The van der Waals surface area contributed by atoms with E-state index in [1.165, 1.54) is 0 Å². The molecule has 2 rings (SSSR count). The lowest BCUT2D eigenvalue weighted by Gasteiger charge is -2.11. The number of anilines is 2. The number of nitrogens with zero attached hydrogens (tertiary/aromatic N) is 3. The lowest BCUT2D eigenvalue weighted by molar-refractivity contribution is 0.410. The van der Waals surface area contributed by atoms with Gasteiger partial charge in [0.1, 0.15) is 5.75 Å². The van der Waals surface area contributed by atoms with Gasteiger partial charge in [0.15, 0.2) is 5.82 Å². The summed E-state index contributed by atoms with van der Waals surface area (Å²) in [5, 5.41) is 14.2. The van der Waals surface area contributed by atoms with Gasteiger partial charge in [0.05, 0.1) is 13.3 Å². The molecule has 0 unspecified atom stereocenters. The number of benzene rings is 1. The zero-order chi connectivity index (χ0) is 14.4. The van der Waals surface area contributed by atoms with Crippen LogP contribution in [0.4, 0.5) is 11.8 Å². The maximum Gasteiger partial charge on any atom is 0.244 e. The molecule has 0 radical (unpaired) electrons. The molecule has 1 aromatic carbocycles. The van der Waals surface area contributed by atoms with E-state index in [4.69, 9.17) is 4.74 Å². The van der Waals surface area contributed by atoms with Crippen molar-refractivity contribution in [1.82, 2.24) is 15.2 Å². The van der Waals surface area contributed by atoms with Crippen molar-refractivity contribution < 1.29 is 4.74 Å². The Labute approximate surface area is 118 Å². The highest BCUT2D eigenvalue weighted by molar-refractivity contribution is 5.41. The summed E-state index contributed by atoms with van der Waals surface area (Å²) in [4.78, 5) is 4.35. The number of hydrogen-bond donors (Lipinski definition) is 2. The fourth-order valence-electron chi connectivity index (χ4n) is 1.74. The highest BCUT2D eigenvalue weighted by Gasteiger charge is 2.04. The van der Waals surface area contributed by atoms with Crippen LogP contribution in [0.2, 0.25) is 0 Å². The Kier molecular flexibility index (Phi) is 4.70. The van der Waals surface area contributed by atoms with Crippen molar-refractivity contribution in [2.45, 2.75) is 26.4 Å². The molecule has 0 aliphatic heterocycles. The Morgan fingerprint density at radius 1 is 1.25 bits per heavy atom. The van der Waals surface area contributed by atoms with Crippen molar-refractivity contribution in [3.8, 4) is 5.75 Å². The number of hydrogen-bond acceptors (Lipinski definition) is 6. The van der Waals surface area contributed by atoms with E-state index in [0.717, 1.165) is 11.3 Å². The molecule has 0 atom stereocenters. The Morgan fingerprint density at radius 2 is 2.05 bits per heavy atom. The molecule has 0 amide bonds. The minimum atomic E-state index is 0.265. The summed E-state index contributed by atoms with van der Waals surface area (Å²) in [5.74, 6) is 2.04. The van der Waals surface area contributed by atoms with E-state index < -0.39 is 0 Å². The number of nitrogens with one attached hydrogen (secondary N) is 2. The molecule has 0 aliphatic carbocycles. The Hall–Kier alpha value is -2.37. The molecular weight excluding hydrogens is 254 g/mol. The van der Waals surface area contributed by atoms with Crippen molar-refractivity contribution in [1.29, 1.82) is 0 Å². The van der Waals surface area contributed by atoms with Crippen LogP contribution in [0.25, 0.3) is 0 Å². The summed E-state index contributed by atoms with van der Waals surface area (Å²) >= 11 is 0. The fourth-order valence-corrected chi connectivity index (χ4v) is 1.74. The fraction of sp³-hybridized carbons (Fsp3) is 0.357. The molecule has 0 bridgehead atoms. The van der Waals surface area contributed by atoms with E-state index in [1.807, 2.05) is 38.1 Å². The first-order valence-electron chi connectivity index (χ1n) is 6.51. The van der Waals surface area contributed by atoms with E-state index in [-0.39, 0.29) is 6.04 Å². The third-order valence-corrected chi connectivity index (χ3v) is 2.63. The molecule has 6 nitrogen and oxygen atoms in total. The van der Waals surface area contributed by atoms with Gasteiger partial charge in [-0.1, -0.05) is 18.2 Å². The highest BCUT2D eigenvalue weighted by Crippen LogP contribution is 2.18. The number of para-hydroxylation sites is 1. The maximum absolute atomic E-state index is 5.31. The Balaban J connectivity index is 2.03. The minimum absolute atomic E-state index is 0.265. The summed E-state index contributed by atoms with van der Waals surface area (Å²) in [5.41, 5.74) is 1.06. The van der Waals surface area contributed by atoms with Gasteiger partial charge in [-0.15, -0.1) is 5.10 Å². The molecule has 0 saturated carbocycles. The number of aromatic nitrogens is 3. The summed E-state index contributed by atoms with van der Waals surface area (Å²) < 4.78 is 5.31. The molecule has 6 heteroatoms. The predicted octanol–water partition coefficient (Wildman–Crippen LogP) is 2.31. The van der Waals surface area contributed by atoms with Crippen LogP contribution in [0.1, 0.15) is 19.4 Å². The Bertz CT molecular complexity index is 559. The molecule has 0 fully saturated rings. The van der Waals surface area contributed by atoms with Crippen LogP contribution in [0.3, 0.4) is 0 Å². The lowest BCUT2D eigenvalue weighted by Crippen LogP contribution is -2.14. The summed E-state index contributed by atoms with van der Waals surface area (Å²) in [6, 6.07) is 8.12. The first-order valence-corrected chi connectivity index (χ1v) is 6.51. The van der Waals surface area contributed by atoms with Crippen molar-refractivity contribution in [2.75, 3.05) is 17.7 Å². The van der Waals surface area contributed by atoms with E-state index in [9.17, 15) is 0 Å². The van der Waals surface area contributed by atoms with Gasteiger partial charge in [0.2, 0.25) is 5.95 Å². The molecule has 0 spiro atoms. The average molecular weight is 273 g/mol. The monoisotopic (exact) mass is 273 g/mol. The standard InChI is InChI=1S/C14H19N5O/c1-10(2)17-14-18-13(9-16-19-14)15-8-11-6-4-5-7-12(11)20-3/h4-7,9-10H,8H2,1-3H3,(H2,15,17,18,19). The van der Waals surface area contributed by atoms with Gasteiger partial charge in [-0.3, -0.25) is 0 Å². The van der Waals surface area contributed by atoms with Gasteiger partial charge in [0.25, 0.3) is 0 Å². The second-order valence-electron chi connectivity index (χ2n) is 4.63. The van der Waals surface area contributed by atoms with Gasteiger partial charge in [-0.25, -0.2) is 0 Å². The maximum atomic E-state index is 5.31. The Morgan fingerprint density at radius 3 is 2.80 bits per heavy atom. The molecule has 1 aromatic heterocycles. The number of ether oxygens (including phenoxy) is 1. The largest absolute Gasteiger partial charge is 0.496 e. The normalized spacial score (nSPS) is 10.4. The van der Waals surface area contributed by atoms with Crippen LogP contribution in [0.5, 0.6) is 5.75 Å². The molecule has 2 aromatic rings. The summed E-state index contributed by atoms with van der Waals surface area (Å²) in [6.07, 6.45) is 1.60. The van der Waals surface area contributed by atoms with Crippen molar-refractivity contribution in [2.24, 2.45) is 0 Å². The zero-order valence-electron chi connectivity index (χ0n) is 11.9. The van der Waals surface area contributed by atoms with Gasteiger partial charge in [-0.05, 0) is 19.9 Å². The minimum Gasteiger partial charge on any atom is -0.496 e. The highest BCUT2D eigenvalue weighted by atomic mass is 16.5. The summed E-state index contributed by atoms with van der Waals surface area (Å²) in [6.45, 7) is 4.67. The third kappa shape index (κ3) is 3.81. The third-order valence-electron chi connectivity index (χ3n) is 2.63. The zero-order valence-corrected chi connectivity index (χ0v) is 11.9. The van der Waals surface area contributed by atoms with Gasteiger partial charge in [0, 0.05) is 18.2 Å². The van der Waals surface area contributed by atoms with Crippen molar-refractivity contribution in [3.63, 3.8) is 0 Å². The second-order valence-corrected chi connectivity index (χ2v) is 4.63. The van der Waals surface area contributed by atoms with Crippen LogP contribution >= 0.6 is 0 Å². The second kappa shape index (κ2) is 6.70. The van der Waals surface area contributed by atoms with E-state index in [1.54, 1.807) is 13.3 Å². The number of rotatable bonds is 6. The first-order chi connectivity index (χ1) is 9.69. The molecule has 20 heavy (non-hydrogen) atoms. The van der Waals surface area contributed by atoms with Gasteiger partial charge in [-0.2, -0.15) is 10.1 Å². The van der Waals surface area contributed by atoms with Crippen LogP contribution in [-0.2, 0) is 6.54 Å². The topological polar surface area (TPSA) is 72.0 Å². The molecule has 2 N–H and O–H groups in total. The first kappa shape index (κ1) is 14.0. The lowest BCUT2D eigenvalue weighted by atomic mass is 10.2. The molecule has 0 aliphatic rings. The van der Waals surface area contributed by atoms with Gasteiger partial charge < -0.3 is 15.4 Å². The molecule has 106 valence electrons. The van der Waals surface area contributed by atoms with E-state index in [2.05, 4.69) is 25.8 Å². The SMILES string of the molecule is COc1ccccc1CNc1cnnc(NC(C)C)n1. The van der Waals surface area contributed by atoms with Crippen molar-refractivity contribution in [3.05, 3.63) is 36.0 Å². The predicted molar refractivity (Wildman–Crippen MR) is 78.9 cm³/mol. The van der Waals surface area contributed by atoms with Crippen molar-refractivity contribution >= 4 is 11.8 Å². The average Bonchev–Trinajstić information content (AvgIpc) is 2.45. The molecule has 0 saturated heterocycles. The summed E-state index contributed by atoms with van der Waals surface area (Å²) in [7, 11) is 1.66. The quantitative estimate of drug-likeness (QED) is 0.841. The van der Waals surface area contributed by atoms with Crippen LogP contribution in [-0.4, -0.2) is 28.3 Å². The van der Waals surface area contributed by atoms with Crippen LogP contribution in [0.15, 0.2) is 30.5 Å². The molecule has 1 heterocycles.